The Morgan fingerprint density at radius 1 is 0.944 bits per heavy atom. The molecule has 94 valence electrons. The molecule has 0 bridgehead atoms. The zero-order chi connectivity index (χ0) is 13.3. The fourth-order valence-electron chi connectivity index (χ4n) is 1.44. The number of rotatable bonds is 2. The highest BCUT2D eigenvalue weighted by Gasteiger charge is 2.12. The highest BCUT2D eigenvalue weighted by Crippen LogP contribution is 2.28. The first-order valence-corrected chi connectivity index (χ1v) is 5.73. The predicted molar refractivity (Wildman–Crippen MR) is 68.2 cm³/mol. The van der Waals surface area contributed by atoms with Gasteiger partial charge in [-0.2, -0.15) is 0 Å². The van der Waals surface area contributed by atoms with E-state index in [4.69, 9.17) is 5.73 Å². The van der Waals surface area contributed by atoms with Crippen LogP contribution < -0.4 is 11.1 Å². The maximum atomic E-state index is 13.5. The van der Waals surface area contributed by atoms with Crippen molar-refractivity contribution in [2.45, 2.75) is 0 Å². The zero-order valence-corrected chi connectivity index (χ0v) is 10.6. The topological polar surface area (TPSA) is 38.0 Å². The minimum Gasteiger partial charge on any atom is -0.399 e. The Labute approximate surface area is 110 Å². The molecule has 0 saturated heterocycles. The highest BCUT2D eigenvalue weighted by atomic mass is 79.9. The second-order valence-corrected chi connectivity index (χ2v) is 4.52. The molecule has 0 aliphatic carbocycles. The summed E-state index contributed by atoms with van der Waals surface area (Å²) in [5.41, 5.74) is 4.78. The van der Waals surface area contributed by atoms with Gasteiger partial charge in [-0.15, -0.1) is 0 Å². The molecule has 0 amide bonds. The number of hydrogen-bond acceptors (Lipinski definition) is 2. The van der Waals surface area contributed by atoms with E-state index in [9.17, 15) is 13.2 Å². The van der Waals surface area contributed by atoms with Gasteiger partial charge in [-0.05, 0) is 30.3 Å². The lowest BCUT2D eigenvalue weighted by atomic mass is 10.2. The van der Waals surface area contributed by atoms with Crippen LogP contribution in [0.1, 0.15) is 0 Å². The molecule has 6 heteroatoms. The molecule has 0 saturated carbocycles. The number of anilines is 3. The molecule has 18 heavy (non-hydrogen) atoms. The van der Waals surface area contributed by atoms with E-state index >= 15 is 0 Å². The van der Waals surface area contributed by atoms with E-state index in [0.29, 0.717) is 4.47 Å². The van der Waals surface area contributed by atoms with Crippen molar-refractivity contribution in [2.24, 2.45) is 0 Å². The molecule has 2 nitrogen and oxygen atoms in total. The van der Waals surface area contributed by atoms with Crippen molar-refractivity contribution < 1.29 is 13.2 Å². The van der Waals surface area contributed by atoms with Crippen molar-refractivity contribution in [3.63, 3.8) is 0 Å². The number of nitrogens with two attached hydrogens (primary N) is 1. The van der Waals surface area contributed by atoms with Crippen LogP contribution in [0.15, 0.2) is 34.8 Å². The SMILES string of the molecule is Nc1cc(F)c(Nc2ccc(Br)cc2F)c(F)c1. The minimum atomic E-state index is -0.880. The molecule has 0 aliphatic rings. The molecule has 0 aliphatic heterocycles. The Balaban J connectivity index is 2.40. The molecule has 0 spiro atoms. The highest BCUT2D eigenvalue weighted by molar-refractivity contribution is 9.10. The maximum absolute atomic E-state index is 13.5. The molecule has 0 fully saturated rings. The average Bonchev–Trinajstić information content (AvgIpc) is 2.25. The molecule has 0 heterocycles. The predicted octanol–water partition coefficient (Wildman–Crippen LogP) is 4.19. The van der Waals surface area contributed by atoms with Gasteiger partial charge in [0.25, 0.3) is 0 Å². The third kappa shape index (κ3) is 2.59. The first kappa shape index (κ1) is 12.8. The van der Waals surface area contributed by atoms with Gasteiger partial charge in [0.05, 0.1) is 5.69 Å². The molecule has 0 aromatic heterocycles. The maximum Gasteiger partial charge on any atom is 0.151 e. The number of nitrogens with one attached hydrogen (secondary N) is 1. The van der Waals surface area contributed by atoms with Crippen LogP contribution in [0.4, 0.5) is 30.2 Å². The first-order chi connectivity index (χ1) is 8.47. The summed E-state index contributed by atoms with van der Waals surface area (Å²) in [7, 11) is 0. The molecule has 0 unspecified atom stereocenters. The van der Waals surface area contributed by atoms with Crippen molar-refractivity contribution >= 4 is 33.0 Å². The normalized spacial score (nSPS) is 10.4. The Hall–Kier alpha value is -1.69. The Kier molecular flexibility index (Phi) is 3.47. The van der Waals surface area contributed by atoms with E-state index in [0.717, 1.165) is 12.1 Å². The fraction of sp³-hybridized carbons (Fsp3) is 0. The summed E-state index contributed by atoms with van der Waals surface area (Å²) in [6.07, 6.45) is 0. The van der Waals surface area contributed by atoms with Gasteiger partial charge in [0.1, 0.15) is 11.5 Å². The molecule has 2 rings (SSSR count). The molecular weight excluding hydrogens is 309 g/mol. The molecule has 0 radical (unpaired) electrons. The van der Waals surface area contributed by atoms with Crippen LogP contribution in [0.3, 0.4) is 0 Å². The number of halogens is 4. The van der Waals surface area contributed by atoms with E-state index in [-0.39, 0.29) is 11.4 Å². The summed E-state index contributed by atoms with van der Waals surface area (Å²) >= 11 is 3.09. The van der Waals surface area contributed by atoms with Gasteiger partial charge in [-0.1, -0.05) is 15.9 Å². The molecule has 2 aromatic rings. The van der Waals surface area contributed by atoms with Gasteiger partial charge in [-0.3, -0.25) is 0 Å². The third-order valence-electron chi connectivity index (χ3n) is 2.26. The zero-order valence-electron chi connectivity index (χ0n) is 8.98. The monoisotopic (exact) mass is 316 g/mol. The number of nitrogen functional groups attached to an aromatic ring is 1. The van der Waals surface area contributed by atoms with Gasteiger partial charge in [0.15, 0.2) is 11.6 Å². The minimum absolute atomic E-state index is 0.0271. The van der Waals surface area contributed by atoms with Gasteiger partial charge in [-0.25, -0.2) is 13.2 Å². The van der Waals surface area contributed by atoms with E-state index < -0.39 is 23.1 Å². The first-order valence-electron chi connectivity index (χ1n) is 4.94. The summed E-state index contributed by atoms with van der Waals surface area (Å²) < 4.78 is 41.0. The lowest BCUT2D eigenvalue weighted by molar-refractivity contribution is 0.590. The summed E-state index contributed by atoms with van der Waals surface area (Å²) in [6.45, 7) is 0. The van der Waals surface area contributed by atoms with Crippen LogP contribution in [0, 0.1) is 17.5 Å². The van der Waals surface area contributed by atoms with Crippen LogP contribution in [-0.4, -0.2) is 0 Å². The van der Waals surface area contributed by atoms with Gasteiger partial charge in [0, 0.05) is 10.2 Å². The average molecular weight is 317 g/mol. The van der Waals surface area contributed by atoms with Crippen molar-refractivity contribution in [2.75, 3.05) is 11.1 Å². The number of hydrogen-bond donors (Lipinski definition) is 2. The van der Waals surface area contributed by atoms with Crippen LogP contribution in [-0.2, 0) is 0 Å². The van der Waals surface area contributed by atoms with E-state index in [1.54, 1.807) is 6.07 Å². The van der Waals surface area contributed by atoms with Crippen molar-refractivity contribution in [3.05, 3.63) is 52.3 Å². The van der Waals surface area contributed by atoms with Crippen LogP contribution >= 0.6 is 15.9 Å². The van der Waals surface area contributed by atoms with Gasteiger partial charge >= 0.3 is 0 Å². The number of benzene rings is 2. The Bertz CT molecular complexity index is 579. The van der Waals surface area contributed by atoms with Crippen LogP contribution in [0.2, 0.25) is 0 Å². The van der Waals surface area contributed by atoms with E-state index in [2.05, 4.69) is 21.2 Å². The third-order valence-corrected chi connectivity index (χ3v) is 2.75. The lowest BCUT2D eigenvalue weighted by Crippen LogP contribution is -2.01. The summed E-state index contributed by atoms with van der Waals surface area (Å²) in [4.78, 5) is 0. The van der Waals surface area contributed by atoms with Crippen molar-refractivity contribution in [3.8, 4) is 0 Å². The van der Waals surface area contributed by atoms with E-state index in [1.165, 1.54) is 12.1 Å². The lowest BCUT2D eigenvalue weighted by Gasteiger charge is -2.10. The smallest absolute Gasteiger partial charge is 0.151 e. The second-order valence-electron chi connectivity index (χ2n) is 3.61. The summed E-state index contributed by atoms with van der Waals surface area (Å²) in [5, 5.41) is 2.36. The quantitative estimate of drug-likeness (QED) is 0.815. The van der Waals surface area contributed by atoms with E-state index in [1.807, 2.05) is 0 Å². The van der Waals surface area contributed by atoms with Gasteiger partial charge in [0.2, 0.25) is 0 Å². The van der Waals surface area contributed by atoms with Crippen molar-refractivity contribution in [1.29, 1.82) is 0 Å². The molecular formula is C12H8BrF3N2. The van der Waals surface area contributed by atoms with Gasteiger partial charge < -0.3 is 11.1 Å². The largest absolute Gasteiger partial charge is 0.399 e. The molecule has 3 N–H and O–H groups in total. The Morgan fingerprint density at radius 3 is 2.11 bits per heavy atom. The molecule has 2 aromatic carbocycles. The molecule has 0 atom stereocenters. The van der Waals surface area contributed by atoms with Crippen LogP contribution in [0.5, 0.6) is 0 Å². The summed E-state index contributed by atoms with van der Waals surface area (Å²) in [5.74, 6) is -2.38. The second kappa shape index (κ2) is 4.89. The summed E-state index contributed by atoms with van der Waals surface area (Å²) in [6, 6.07) is 6.03. The Morgan fingerprint density at radius 2 is 1.56 bits per heavy atom. The standard InChI is InChI=1S/C12H8BrF3N2/c13-6-1-2-11(8(14)3-6)18-12-9(15)4-7(17)5-10(12)16/h1-5,18H,17H2. The van der Waals surface area contributed by atoms with Crippen LogP contribution in [0.25, 0.3) is 0 Å². The fourth-order valence-corrected chi connectivity index (χ4v) is 1.77. The van der Waals surface area contributed by atoms with Crippen molar-refractivity contribution in [1.82, 2.24) is 0 Å².